The van der Waals surface area contributed by atoms with Gasteiger partial charge in [0.15, 0.2) is 9.84 Å². The van der Waals surface area contributed by atoms with Gasteiger partial charge in [0.2, 0.25) is 0 Å². The summed E-state index contributed by atoms with van der Waals surface area (Å²) in [5.74, 6) is -0.0246. The van der Waals surface area contributed by atoms with Gasteiger partial charge >= 0.3 is 0 Å². The zero-order chi connectivity index (χ0) is 19.1. The zero-order valence-electron chi connectivity index (χ0n) is 15.5. The summed E-state index contributed by atoms with van der Waals surface area (Å²) in [4.78, 5) is 15.2. The van der Waals surface area contributed by atoms with Crippen LogP contribution >= 0.6 is 0 Å². The van der Waals surface area contributed by atoms with Crippen LogP contribution in [-0.2, 0) is 20.2 Å². The third kappa shape index (κ3) is 3.19. The monoisotopic (exact) mass is 369 g/mol. The predicted molar refractivity (Wildman–Crippen MR) is 103 cm³/mol. The molecule has 0 saturated heterocycles. The number of carbonyl (C=O) groups excluding carboxylic acids is 1. The third-order valence-electron chi connectivity index (χ3n) is 4.99. The number of hydrogen-bond donors (Lipinski definition) is 0. The van der Waals surface area contributed by atoms with Crippen LogP contribution < -0.4 is 0 Å². The number of carbonyl (C=O) groups is 1. The molecule has 3 rings (SSSR count). The highest BCUT2D eigenvalue weighted by Gasteiger charge is 2.39. The first-order valence-corrected chi connectivity index (χ1v) is 10.4. The maximum absolute atomic E-state index is 13.2. The standard InChI is InChI=1S/C21H23NO3S/c1-15-14-22(20(23)19(15)16-9-6-5-7-10-16)21(2,3)17-11-8-12-18(13-17)26(4,24)25/h5-13H,14H2,1-4H3. The molecule has 26 heavy (non-hydrogen) atoms. The van der Waals surface area contributed by atoms with Crippen LogP contribution in [-0.4, -0.2) is 32.0 Å². The van der Waals surface area contributed by atoms with Gasteiger partial charge in [-0.1, -0.05) is 42.5 Å². The predicted octanol–water partition coefficient (Wildman–Crippen LogP) is 3.64. The van der Waals surface area contributed by atoms with E-state index in [0.717, 1.165) is 22.3 Å². The van der Waals surface area contributed by atoms with E-state index < -0.39 is 15.4 Å². The number of hydrogen-bond acceptors (Lipinski definition) is 3. The van der Waals surface area contributed by atoms with Crippen molar-refractivity contribution in [3.63, 3.8) is 0 Å². The Morgan fingerprint density at radius 2 is 1.65 bits per heavy atom. The summed E-state index contributed by atoms with van der Waals surface area (Å²) in [7, 11) is -3.30. The molecule has 1 heterocycles. The summed E-state index contributed by atoms with van der Waals surface area (Å²) in [6, 6.07) is 16.5. The van der Waals surface area contributed by atoms with E-state index in [0.29, 0.717) is 6.54 Å². The van der Waals surface area contributed by atoms with Crippen molar-refractivity contribution in [1.29, 1.82) is 0 Å². The zero-order valence-corrected chi connectivity index (χ0v) is 16.3. The normalized spacial score (nSPS) is 15.7. The summed E-state index contributed by atoms with van der Waals surface area (Å²) >= 11 is 0. The smallest absolute Gasteiger partial charge is 0.255 e. The quantitative estimate of drug-likeness (QED) is 0.827. The van der Waals surface area contributed by atoms with Crippen molar-refractivity contribution in [2.75, 3.05) is 12.8 Å². The van der Waals surface area contributed by atoms with Crippen LogP contribution in [0.3, 0.4) is 0 Å². The Morgan fingerprint density at radius 3 is 2.27 bits per heavy atom. The molecule has 2 aromatic carbocycles. The van der Waals surface area contributed by atoms with Crippen LogP contribution in [0.25, 0.3) is 5.57 Å². The third-order valence-corrected chi connectivity index (χ3v) is 6.10. The molecule has 0 fully saturated rings. The van der Waals surface area contributed by atoms with Crippen molar-refractivity contribution < 1.29 is 13.2 Å². The Hall–Kier alpha value is -2.40. The second-order valence-electron chi connectivity index (χ2n) is 7.27. The maximum atomic E-state index is 13.2. The Labute approximate surface area is 155 Å². The van der Waals surface area contributed by atoms with Crippen molar-refractivity contribution in [3.8, 4) is 0 Å². The second kappa shape index (κ2) is 6.40. The minimum absolute atomic E-state index is 0.0246. The second-order valence-corrected chi connectivity index (χ2v) is 9.29. The van der Waals surface area contributed by atoms with Crippen molar-refractivity contribution in [3.05, 3.63) is 71.3 Å². The van der Waals surface area contributed by atoms with E-state index in [1.165, 1.54) is 6.26 Å². The highest BCUT2D eigenvalue weighted by atomic mass is 32.2. The molecule has 0 bridgehead atoms. The van der Waals surface area contributed by atoms with Crippen LogP contribution in [0.2, 0.25) is 0 Å². The summed E-state index contributed by atoms with van der Waals surface area (Å²) < 4.78 is 23.8. The molecule has 5 heteroatoms. The first-order chi connectivity index (χ1) is 12.1. The Morgan fingerprint density at radius 1 is 1.00 bits per heavy atom. The highest BCUT2D eigenvalue weighted by molar-refractivity contribution is 7.90. The Bertz CT molecular complexity index is 989. The van der Waals surface area contributed by atoms with Gasteiger partial charge in [0.25, 0.3) is 5.91 Å². The van der Waals surface area contributed by atoms with E-state index in [9.17, 15) is 13.2 Å². The molecule has 0 N–H and O–H groups in total. The van der Waals surface area contributed by atoms with Crippen LogP contribution in [0.4, 0.5) is 0 Å². The first kappa shape index (κ1) is 18.4. The fourth-order valence-electron chi connectivity index (χ4n) is 3.39. The van der Waals surface area contributed by atoms with Gasteiger partial charge in [0, 0.05) is 18.4 Å². The molecule has 0 saturated carbocycles. The number of benzene rings is 2. The largest absolute Gasteiger partial charge is 0.325 e. The lowest BCUT2D eigenvalue weighted by atomic mass is 9.92. The summed E-state index contributed by atoms with van der Waals surface area (Å²) in [5.41, 5.74) is 2.84. The fourth-order valence-corrected chi connectivity index (χ4v) is 4.06. The highest BCUT2D eigenvalue weighted by Crippen LogP contribution is 2.37. The van der Waals surface area contributed by atoms with E-state index in [1.807, 2.05) is 62.1 Å². The SMILES string of the molecule is CC1=C(c2ccccc2)C(=O)N(C(C)(C)c2cccc(S(C)(=O)=O)c2)C1. The first-order valence-electron chi connectivity index (χ1n) is 8.50. The van der Waals surface area contributed by atoms with Gasteiger partial charge in [-0.3, -0.25) is 4.79 Å². The van der Waals surface area contributed by atoms with E-state index in [1.54, 1.807) is 18.2 Å². The molecule has 0 unspecified atom stereocenters. The maximum Gasteiger partial charge on any atom is 0.255 e. The molecule has 1 amide bonds. The molecule has 1 aliphatic rings. The van der Waals surface area contributed by atoms with E-state index in [2.05, 4.69) is 0 Å². The molecule has 0 spiro atoms. The van der Waals surface area contributed by atoms with Gasteiger partial charge < -0.3 is 4.90 Å². The lowest BCUT2D eigenvalue weighted by Crippen LogP contribution is -2.43. The molecule has 1 aliphatic heterocycles. The van der Waals surface area contributed by atoms with Gasteiger partial charge in [0.05, 0.1) is 10.4 Å². The lowest BCUT2D eigenvalue weighted by Gasteiger charge is -2.37. The molecular weight excluding hydrogens is 346 g/mol. The molecule has 0 aromatic heterocycles. The minimum Gasteiger partial charge on any atom is -0.325 e. The van der Waals surface area contributed by atoms with Crippen LogP contribution in [0.5, 0.6) is 0 Å². The lowest BCUT2D eigenvalue weighted by molar-refractivity contribution is -0.128. The number of amides is 1. The molecule has 0 atom stereocenters. The number of rotatable bonds is 4. The molecule has 2 aromatic rings. The average molecular weight is 369 g/mol. The molecule has 0 radical (unpaired) electrons. The van der Waals surface area contributed by atoms with Crippen molar-refractivity contribution in [2.24, 2.45) is 0 Å². The molecule has 0 aliphatic carbocycles. The van der Waals surface area contributed by atoms with Gasteiger partial charge in [-0.25, -0.2) is 8.42 Å². The van der Waals surface area contributed by atoms with E-state index >= 15 is 0 Å². The van der Waals surface area contributed by atoms with E-state index in [-0.39, 0.29) is 10.8 Å². The van der Waals surface area contributed by atoms with Crippen molar-refractivity contribution in [1.82, 2.24) is 4.90 Å². The van der Waals surface area contributed by atoms with E-state index in [4.69, 9.17) is 0 Å². The van der Waals surface area contributed by atoms with Gasteiger partial charge in [0.1, 0.15) is 0 Å². The minimum atomic E-state index is -3.30. The van der Waals surface area contributed by atoms with Crippen LogP contribution in [0.1, 0.15) is 31.9 Å². The Kier molecular flexibility index (Phi) is 4.53. The summed E-state index contributed by atoms with van der Waals surface area (Å²) in [6.45, 7) is 6.41. The number of nitrogens with zero attached hydrogens (tertiary/aromatic N) is 1. The topological polar surface area (TPSA) is 54.5 Å². The Balaban J connectivity index is 1.99. The van der Waals surface area contributed by atoms with Crippen LogP contribution in [0, 0.1) is 0 Å². The van der Waals surface area contributed by atoms with Gasteiger partial charge in [-0.2, -0.15) is 0 Å². The fraction of sp³-hybridized carbons (Fsp3) is 0.286. The van der Waals surface area contributed by atoms with Crippen LogP contribution in [0.15, 0.2) is 65.1 Å². The number of sulfone groups is 1. The molecule has 136 valence electrons. The van der Waals surface area contributed by atoms with Crippen molar-refractivity contribution in [2.45, 2.75) is 31.2 Å². The van der Waals surface area contributed by atoms with Gasteiger partial charge in [-0.15, -0.1) is 0 Å². The summed E-state index contributed by atoms with van der Waals surface area (Å²) in [6.07, 6.45) is 1.19. The average Bonchev–Trinajstić information content (AvgIpc) is 2.90. The summed E-state index contributed by atoms with van der Waals surface area (Å²) in [5, 5.41) is 0. The molecule has 4 nitrogen and oxygen atoms in total. The van der Waals surface area contributed by atoms with Gasteiger partial charge in [-0.05, 0) is 49.6 Å². The molecular formula is C21H23NO3S. The van der Waals surface area contributed by atoms with Crippen molar-refractivity contribution >= 4 is 21.3 Å².